The summed E-state index contributed by atoms with van der Waals surface area (Å²) in [6.45, 7) is 2.50. The van der Waals surface area contributed by atoms with Gasteiger partial charge in [0.2, 0.25) is 0 Å². The van der Waals surface area contributed by atoms with Gasteiger partial charge in [0.05, 0.1) is 13.2 Å². The second-order valence-corrected chi connectivity index (χ2v) is 3.71. The predicted molar refractivity (Wildman–Crippen MR) is 63.0 cm³/mol. The van der Waals surface area contributed by atoms with Gasteiger partial charge in [-0.05, 0) is 12.0 Å². The van der Waals surface area contributed by atoms with E-state index < -0.39 is 5.56 Å². The second-order valence-electron chi connectivity index (χ2n) is 3.71. The van der Waals surface area contributed by atoms with Crippen LogP contribution in [-0.4, -0.2) is 23.4 Å². The number of aromatic nitrogens is 1. The molecule has 0 saturated heterocycles. The van der Waals surface area contributed by atoms with E-state index in [4.69, 9.17) is 10.00 Å². The largest absolute Gasteiger partial charge is 0.494 e. The van der Waals surface area contributed by atoms with E-state index in [1.54, 1.807) is 0 Å². The van der Waals surface area contributed by atoms with Crippen LogP contribution >= 0.6 is 0 Å². The third-order valence-corrected chi connectivity index (χ3v) is 2.51. The lowest BCUT2D eigenvalue weighted by Crippen LogP contribution is -2.25. The number of rotatable bonds is 5. The summed E-state index contributed by atoms with van der Waals surface area (Å²) < 4.78 is 6.01. The number of ether oxygens (including phenoxy) is 1. The quantitative estimate of drug-likeness (QED) is 0.828. The van der Waals surface area contributed by atoms with E-state index in [-0.39, 0.29) is 18.0 Å². The van der Waals surface area contributed by atoms with Crippen molar-refractivity contribution in [3.05, 3.63) is 27.5 Å². The highest BCUT2D eigenvalue weighted by atomic mass is 16.5. The molecule has 0 radical (unpaired) electrons. The molecule has 1 aromatic heterocycles. The molecule has 0 spiro atoms. The number of hydrogen-bond acceptors (Lipinski definition) is 4. The van der Waals surface area contributed by atoms with Gasteiger partial charge in [-0.25, -0.2) is 0 Å². The van der Waals surface area contributed by atoms with Gasteiger partial charge < -0.3 is 9.84 Å². The third-order valence-electron chi connectivity index (χ3n) is 2.51. The molecule has 1 heterocycles. The number of nitrogens with zero attached hydrogens (tertiary/aromatic N) is 2. The molecule has 0 aliphatic carbocycles. The fraction of sp³-hybridized carbons (Fsp3) is 0.500. The van der Waals surface area contributed by atoms with Gasteiger partial charge >= 0.3 is 0 Å². The first-order valence-electron chi connectivity index (χ1n) is 5.50. The summed E-state index contributed by atoms with van der Waals surface area (Å²) >= 11 is 0. The summed E-state index contributed by atoms with van der Waals surface area (Å²) in [5.41, 5.74) is 0.264. The van der Waals surface area contributed by atoms with Crippen LogP contribution in [-0.2, 0) is 17.7 Å². The highest BCUT2D eigenvalue weighted by Gasteiger charge is 2.13. The van der Waals surface area contributed by atoms with E-state index in [2.05, 4.69) is 0 Å². The molecular weight excluding hydrogens is 220 g/mol. The molecule has 0 saturated carbocycles. The van der Waals surface area contributed by atoms with Crippen LogP contribution in [0.3, 0.4) is 0 Å². The predicted octanol–water partition coefficient (Wildman–Crippen LogP) is 1.02. The highest BCUT2D eigenvalue weighted by molar-refractivity contribution is 5.38. The minimum Gasteiger partial charge on any atom is -0.494 e. The summed E-state index contributed by atoms with van der Waals surface area (Å²) in [6, 6.07) is 3.39. The Balaban J connectivity index is 3.27. The Hall–Kier alpha value is -1.80. The zero-order valence-corrected chi connectivity index (χ0v) is 10.1. The smallest absolute Gasteiger partial charge is 0.271 e. The number of hydrogen-bond donors (Lipinski definition) is 1. The molecule has 0 fully saturated rings. The number of pyridine rings is 1. The van der Waals surface area contributed by atoms with Crippen LogP contribution in [0.5, 0.6) is 5.88 Å². The van der Waals surface area contributed by atoms with E-state index in [0.29, 0.717) is 18.6 Å². The van der Waals surface area contributed by atoms with Crippen LogP contribution in [0.2, 0.25) is 0 Å². The van der Waals surface area contributed by atoms with Crippen LogP contribution < -0.4 is 5.56 Å². The SMILES string of the molecule is CCCc1cc(O)n(CCOC)c(=O)c1C#N. The van der Waals surface area contributed by atoms with Crippen molar-refractivity contribution in [1.29, 1.82) is 5.26 Å². The molecule has 0 unspecified atom stereocenters. The van der Waals surface area contributed by atoms with Crippen LogP contribution in [0.15, 0.2) is 10.9 Å². The molecule has 5 nitrogen and oxygen atoms in total. The lowest BCUT2D eigenvalue weighted by Gasteiger charge is -2.11. The van der Waals surface area contributed by atoms with Crippen LogP contribution in [0.25, 0.3) is 0 Å². The van der Waals surface area contributed by atoms with Gasteiger partial charge in [0.15, 0.2) is 5.88 Å². The molecule has 0 aliphatic rings. The number of aryl methyl sites for hydroxylation is 1. The molecule has 0 aliphatic heterocycles. The van der Waals surface area contributed by atoms with Crippen molar-refractivity contribution in [1.82, 2.24) is 4.57 Å². The zero-order chi connectivity index (χ0) is 12.8. The first-order chi connectivity index (χ1) is 8.15. The van der Waals surface area contributed by atoms with Crippen LogP contribution in [0.1, 0.15) is 24.5 Å². The first-order valence-corrected chi connectivity index (χ1v) is 5.50. The van der Waals surface area contributed by atoms with Gasteiger partial charge in [0, 0.05) is 13.2 Å². The van der Waals surface area contributed by atoms with E-state index in [9.17, 15) is 9.90 Å². The number of nitriles is 1. The molecule has 0 atom stereocenters. The molecular formula is C12H16N2O3. The second kappa shape index (κ2) is 6.06. The molecule has 5 heteroatoms. The summed E-state index contributed by atoms with van der Waals surface area (Å²) in [4.78, 5) is 11.9. The minimum absolute atomic E-state index is 0.112. The average Bonchev–Trinajstić information content (AvgIpc) is 2.29. The Kier molecular flexibility index (Phi) is 4.73. The highest BCUT2D eigenvalue weighted by Crippen LogP contribution is 2.14. The summed E-state index contributed by atoms with van der Waals surface area (Å²) in [5, 5.41) is 18.7. The number of aromatic hydroxyl groups is 1. The molecule has 17 heavy (non-hydrogen) atoms. The van der Waals surface area contributed by atoms with Gasteiger partial charge in [-0.2, -0.15) is 5.26 Å². The van der Waals surface area contributed by atoms with Crippen molar-refractivity contribution >= 4 is 0 Å². The van der Waals surface area contributed by atoms with Gasteiger partial charge in [0.1, 0.15) is 11.6 Å². The van der Waals surface area contributed by atoms with Crippen molar-refractivity contribution in [2.75, 3.05) is 13.7 Å². The molecule has 1 N–H and O–H groups in total. The molecule has 1 rings (SSSR count). The fourth-order valence-electron chi connectivity index (χ4n) is 1.67. The lowest BCUT2D eigenvalue weighted by molar-refractivity contribution is 0.182. The summed E-state index contributed by atoms with van der Waals surface area (Å²) in [5.74, 6) is -0.116. The normalized spacial score (nSPS) is 10.2. The monoisotopic (exact) mass is 236 g/mol. The Morgan fingerprint density at radius 3 is 2.82 bits per heavy atom. The van der Waals surface area contributed by atoms with Gasteiger partial charge in [-0.1, -0.05) is 13.3 Å². The Bertz CT molecular complexity index is 486. The van der Waals surface area contributed by atoms with Crippen molar-refractivity contribution < 1.29 is 9.84 Å². The Morgan fingerprint density at radius 2 is 2.29 bits per heavy atom. The Labute approximate surface area is 99.9 Å². The van der Waals surface area contributed by atoms with Crippen LogP contribution in [0.4, 0.5) is 0 Å². The van der Waals surface area contributed by atoms with Crippen molar-refractivity contribution in [3.8, 4) is 11.9 Å². The third kappa shape index (κ3) is 2.86. The standard InChI is InChI=1S/C12H16N2O3/c1-3-4-9-7-11(15)14(5-6-17-2)12(16)10(9)8-13/h7,15H,3-6H2,1-2H3. The lowest BCUT2D eigenvalue weighted by atomic mass is 10.1. The minimum atomic E-state index is -0.451. The van der Waals surface area contributed by atoms with Crippen molar-refractivity contribution in [3.63, 3.8) is 0 Å². The Morgan fingerprint density at radius 1 is 1.59 bits per heavy atom. The molecule has 1 aromatic rings. The maximum Gasteiger partial charge on any atom is 0.271 e. The number of methoxy groups -OCH3 is 1. The average molecular weight is 236 g/mol. The fourth-order valence-corrected chi connectivity index (χ4v) is 1.67. The topological polar surface area (TPSA) is 75.2 Å². The van der Waals surface area contributed by atoms with Crippen molar-refractivity contribution in [2.45, 2.75) is 26.3 Å². The first kappa shape index (κ1) is 13.3. The van der Waals surface area contributed by atoms with Gasteiger partial charge in [-0.3, -0.25) is 9.36 Å². The van der Waals surface area contributed by atoms with Crippen molar-refractivity contribution in [2.24, 2.45) is 0 Å². The summed E-state index contributed by atoms with van der Waals surface area (Å²) in [6.07, 6.45) is 1.42. The van der Waals surface area contributed by atoms with E-state index in [1.165, 1.54) is 13.2 Å². The maximum atomic E-state index is 11.9. The molecule has 0 aromatic carbocycles. The van der Waals surface area contributed by atoms with Gasteiger partial charge in [0.25, 0.3) is 5.56 Å². The molecule has 0 bridgehead atoms. The van der Waals surface area contributed by atoms with E-state index in [1.807, 2.05) is 13.0 Å². The van der Waals surface area contributed by atoms with E-state index >= 15 is 0 Å². The molecule has 0 amide bonds. The molecule has 92 valence electrons. The van der Waals surface area contributed by atoms with Gasteiger partial charge in [-0.15, -0.1) is 0 Å². The van der Waals surface area contributed by atoms with Crippen LogP contribution in [0, 0.1) is 11.3 Å². The summed E-state index contributed by atoms with van der Waals surface area (Å²) in [7, 11) is 1.51. The zero-order valence-electron chi connectivity index (χ0n) is 10.1. The van der Waals surface area contributed by atoms with E-state index in [0.717, 1.165) is 11.0 Å². The maximum absolute atomic E-state index is 11.9.